The third kappa shape index (κ3) is 5.34. The molecular weight excluding hydrogens is 330 g/mol. The normalized spacial score (nSPS) is 10.7. The highest BCUT2D eigenvalue weighted by Gasteiger charge is 2.11. The molecule has 24 heavy (non-hydrogen) atoms. The highest BCUT2D eigenvalue weighted by molar-refractivity contribution is 6.31. The maximum Gasteiger partial charge on any atom is 0.241 e. The lowest BCUT2D eigenvalue weighted by atomic mass is 10.1. The topological polar surface area (TPSA) is 88.9 Å². The molecule has 0 saturated carbocycles. The van der Waals surface area contributed by atoms with Crippen LogP contribution in [0.15, 0.2) is 30.5 Å². The van der Waals surface area contributed by atoms with Gasteiger partial charge < -0.3 is 10.6 Å². The maximum atomic E-state index is 11.9. The molecule has 1 heterocycles. The Kier molecular flexibility index (Phi) is 6.31. The summed E-state index contributed by atoms with van der Waals surface area (Å²) in [6.45, 7) is 4.08. The van der Waals surface area contributed by atoms with Gasteiger partial charge in [0.15, 0.2) is 5.82 Å². The second kappa shape index (κ2) is 8.44. The second-order valence-electron chi connectivity index (χ2n) is 5.64. The van der Waals surface area contributed by atoms with Gasteiger partial charge in [0.1, 0.15) is 6.54 Å². The fraction of sp³-hybridized carbons (Fsp3) is 0.375. The Morgan fingerprint density at radius 1 is 1.29 bits per heavy atom. The van der Waals surface area contributed by atoms with E-state index in [0.717, 1.165) is 5.56 Å². The van der Waals surface area contributed by atoms with Crippen LogP contribution in [0, 0.1) is 5.92 Å². The van der Waals surface area contributed by atoms with Gasteiger partial charge in [-0.05, 0) is 18.1 Å². The van der Waals surface area contributed by atoms with Crippen LogP contribution in [0.2, 0.25) is 5.02 Å². The number of nitrogens with zero attached hydrogens (tertiary/aromatic N) is 3. The molecule has 8 heteroatoms. The summed E-state index contributed by atoms with van der Waals surface area (Å²) in [7, 11) is 0. The van der Waals surface area contributed by atoms with Crippen molar-refractivity contribution in [3.8, 4) is 0 Å². The predicted molar refractivity (Wildman–Crippen MR) is 91.7 cm³/mol. The fourth-order valence-electron chi connectivity index (χ4n) is 1.94. The molecule has 2 amide bonds. The van der Waals surface area contributed by atoms with Crippen LogP contribution in [0.1, 0.15) is 19.4 Å². The van der Waals surface area contributed by atoms with Crippen molar-refractivity contribution in [3.05, 3.63) is 41.0 Å². The lowest BCUT2D eigenvalue weighted by Crippen LogP contribution is -2.29. The SMILES string of the molecule is CC(C)C(=O)Nc1cn(CC(=O)NCCc2ccccc2Cl)nn1. The highest BCUT2D eigenvalue weighted by atomic mass is 35.5. The monoisotopic (exact) mass is 349 g/mol. The van der Waals surface area contributed by atoms with Crippen molar-refractivity contribution in [2.75, 3.05) is 11.9 Å². The Balaban J connectivity index is 1.77. The van der Waals surface area contributed by atoms with Gasteiger partial charge in [-0.15, -0.1) is 5.10 Å². The van der Waals surface area contributed by atoms with E-state index < -0.39 is 0 Å². The predicted octanol–water partition coefficient (Wildman–Crippen LogP) is 1.88. The van der Waals surface area contributed by atoms with Crippen LogP contribution in [-0.4, -0.2) is 33.4 Å². The average molecular weight is 350 g/mol. The summed E-state index contributed by atoms with van der Waals surface area (Å²) in [6, 6.07) is 7.52. The molecule has 0 atom stereocenters. The number of hydrogen-bond donors (Lipinski definition) is 2. The summed E-state index contributed by atoms with van der Waals surface area (Å²) < 4.78 is 1.38. The zero-order chi connectivity index (χ0) is 17.5. The molecule has 128 valence electrons. The molecule has 0 bridgehead atoms. The van der Waals surface area contributed by atoms with E-state index in [-0.39, 0.29) is 24.3 Å². The minimum atomic E-state index is -0.186. The van der Waals surface area contributed by atoms with Gasteiger partial charge in [0.05, 0.1) is 6.20 Å². The van der Waals surface area contributed by atoms with Gasteiger partial charge in [-0.3, -0.25) is 9.59 Å². The molecule has 1 aromatic carbocycles. The minimum Gasteiger partial charge on any atom is -0.354 e. The number of nitrogens with one attached hydrogen (secondary N) is 2. The molecule has 0 aliphatic heterocycles. The van der Waals surface area contributed by atoms with E-state index in [1.165, 1.54) is 10.9 Å². The first-order valence-electron chi connectivity index (χ1n) is 7.67. The van der Waals surface area contributed by atoms with Crippen molar-refractivity contribution in [1.82, 2.24) is 20.3 Å². The van der Waals surface area contributed by atoms with E-state index in [1.807, 2.05) is 24.3 Å². The van der Waals surface area contributed by atoms with Crippen molar-refractivity contribution in [1.29, 1.82) is 0 Å². The van der Waals surface area contributed by atoms with Crippen LogP contribution in [0.3, 0.4) is 0 Å². The van der Waals surface area contributed by atoms with Crippen LogP contribution < -0.4 is 10.6 Å². The first-order chi connectivity index (χ1) is 11.5. The summed E-state index contributed by atoms with van der Waals surface area (Å²) >= 11 is 6.07. The van der Waals surface area contributed by atoms with E-state index in [1.54, 1.807) is 13.8 Å². The van der Waals surface area contributed by atoms with Crippen molar-refractivity contribution in [2.45, 2.75) is 26.8 Å². The van der Waals surface area contributed by atoms with Crippen molar-refractivity contribution < 1.29 is 9.59 Å². The second-order valence-corrected chi connectivity index (χ2v) is 6.04. The summed E-state index contributed by atoms with van der Waals surface area (Å²) in [5, 5.41) is 13.7. The Morgan fingerprint density at radius 3 is 2.75 bits per heavy atom. The quantitative estimate of drug-likeness (QED) is 0.798. The number of anilines is 1. The maximum absolute atomic E-state index is 11.9. The van der Waals surface area contributed by atoms with Crippen LogP contribution in [-0.2, 0) is 22.6 Å². The highest BCUT2D eigenvalue weighted by Crippen LogP contribution is 2.14. The van der Waals surface area contributed by atoms with Gasteiger partial charge in [0, 0.05) is 17.5 Å². The van der Waals surface area contributed by atoms with Gasteiger partial charge in [-0.25, -0.2) is 4.68 Å². The first-order valence-corrected chi connectivity index (χ1v) is 8.04. The molecule has 0 saturated heterocycles. The number of aromatic nitrogens is 3. The standard InChI is InChI=1S/C16H20ClN5O2/c1-11(2)16(24)19-14-9-22(21-20-14)10-15(23)18-8-7-12-5-3-4-6-13(12)17/h3-6,9,11H,7-8,10H2,1-2H3,(H,18,23)(H,19,24). The van der Waals surface area contributed by atoms with Crippen molar-refractivity contribution in [2.24, 2.45) is 5.92 Å². The number of amides is 2. The summed E-state index contributed by atoms with van der Waals surface area (Å²) in [5.74, 6) is -0.152. The summed E-state index contributed by atoms with van der Waals surface area (Å²) in [6.07, 6.45) is 2.17. The average Bonchev–Trinajstić information content (AvgIpc) is 2.96. The Bertz CT molecular complexity index is 714. The number of hydrogen-bond acceptors (Lipinski definition) is 4. The Hall–Kier alpha value is -2.41. The minimum absolute atomic E-state index is 0.0348. The molecule has 0 aliphatic carbocycles. The molecule has 2 rings (SSSR count). The third-order valence-electron chi connectivity index (χ3n) is 3.29. The van der Waals surface area contributed by atoms with Gasteiger partial charge in [0.2, 0.25) is 11.8 Å². The van der Waals surface area contributed by atoms with Crippen LogP contribution in [0.4, 0.5) is 5.82 Å². The zero-order valence-corrected chi connectivity index (χ0v) is 14.4. The summed E-state index contributed by atoms with van der Waals surface area (Å²) in [4.78, 5) is 23.5. The number of halogens is 1. The van der Waals surface area contributed by atoms with E-state index in [9.17, 15) is 9.59 Å². The Labute approximate surface area is 145 Å². The number of rotatable bonds is 7. The van der Waals surface area contributed by atoms with Crippen molar-refractivity contribution >= 4 is 29.2 Å². The van der Waals surface area contributed by atoms with Gasteiger partial charge in [-0.2, -0.15) is 0 Å². The van der Waals surface area contributed by atoms with Crippen LogP contribution >= 0.6 is 11.6 Å². The van der Waals surface area contributed by atoms with E-state index in [4.69, 9.17) is 11.6 Å². The molecule has 2 aromatic rings. The van der Waals surface area contributed by atoms with Crippen LogP contribution in [0.5, 0.6) is 0 Å². The number of carbonyl (C=O) groups excluding carboxylic acids is 2. The first kappa shape index (κ1) is 17.9. The number of carbonyl (C=O) groups is 2. The smallest absolute Gasteiger partial charge is 0.241 e. The van der Waals surface area contributed by atoms with Crippen molar-refractivity contribution in [3.63, 3.8) is 0 Å². The van der Waals surface area contributed by atoms with E-state index in [0.29, 0.717) is 23.8 Å². The zero-order valence-electron chi connectivity index (χ0n) is 13.6. The fourth-order valence-corrected chi connectivity index (χ4v) is 2.17. The van der Waals surface area contributed by atoms with Gasteiger partial charge in [-0.1, -0.05) is 48.9 Å². The molecule has 0 spiro atoms. The van der Waals surface area contributed by atoms with Gasteiger partial charge >= 0.3 is 0 Å². The molecule has 2 N–H and O–H groups in total. The molecular formula is C16H20ClN5O2. The molecule has 1 aromatic heterocycles. The molecule has 0 unspecified atom stereocenters. The van der Waals surface area contributed by atoms with Gasteiger partial charge in [0.25, 0.3) is 0 Å². The lowest BCUT2D eigenvalue weighted by Gasteiger charge is -2.06. The molecule has 0 aliphatic rings. The number of benzene rings is 1. The Morgan fingerprint density at radius 2 is 2.04 bits per heavy atom. The third-order valence-corrected chi connectivity index (χ3v) is 3.66. The summed E-state index contributed by atoms with van der Waals surface area (Å²) in [5.41, 5.74) is 0.985. The van der Waals surface area contributed by atoms with Crippen LogP contribution in [0.25, 0.3) is 0 Å². The van der Waals surface area contributed by atoms with E-state index in [2.05, 4.69) is 20.9 Å². The van der Waals surface area contributed by atoms with E-state index >= 15 is 0 Å². The molecule has 0 fully saturated rings. The molecule has 7 nitrogen and oxygen atoms in total. The lowest BCUT2D eigenvalue weighted by molar-refractivity contribution is -0.122. The largest absolute Gasteiger partial charge is 0.354 e. The molecule has 0 radical (unpaired) electrons.